The fraction of sp³-hybridized carbons (Fsp3) is 0.467. The minimum absolute atomic E-state index is 0.0228. The molecule has 1 N–H and O–H groups in total. The number of anilines is 1. The van der Waals surface area contributed by atoms with Gasteiger partial charge in [0.1, 0.15) is 12.6 Å². The van der Waals surface area contributed by atoms with Gasteiger partial charge in [-0.1, -0.05) is 32.4 Å². The van der Waals surface area contributed by atoms with Gasteiger partial charge in [0, 0.05) is 5.69 Å². The summed E-state index contributed by atoms with van der Waals surface area (Å²) in [5, 5.41) is 2.72. The van der Waals surface area contributed by atoms with Gasteiger partial charge in [-0.25, -0.2) is 0 Å². The molecular weight excluding hydrogens is 240 g/mol. The predicted molar refractivity (Wildman–Crippen MR) is 75.0 cm³/mol. The third kappa shape index (κ3) is 2.95. The molecule has 1 aliphatic heterocycles. The molecular formula is C15H20N2O2. The van der Waals surface area contributed by atoms with Crippen molar-refractivity contribution in [3.63, 3.8) is 0 Å². The SMILES string of the molecule is CCCc1ccc(N2CC(=O)NC(CC)C2=O)cc1. The van der Waals surface area contributed by atoms with Crippen molar-refractivity contribution in [2.45, 2.75) is 39.2 Å². The zero-order valence-corrected chi connectivity index (χ0v) is 11.5. The number of hydrogen-bond acceptors (Lipinski definition) is 2. The van der Waals surface area contributed by atoms with Crippen LogP contribution in [0.5, 0.6) is 0 Å². The first-order valence-corrected chi connectivity index (χ1v) is 6.85. The van der Waals surface area contributed by atoms with Gasteiger partial charge in [-0.2, -0.15) is 0 Å². The number of nitrogens with zero attached hydrogens (tertiary/aromatic N) is 1. The number of rotatable bonds is 4. The number of amides is 2. The van der Waals surface area contributed by atoms with Gasteiger partial charge in [0.2, 0.25) is 11.8 Å². The second kappa shape index (κ2) is 5.87. The average molecular weight is 260 g/mol. The summed E-state index contributed by atoms with van der Waals surface area (Å²) in [7, 11) is 0. The lowest BCUT2D eigenvalue weighted by Crippen LogP contribution is -2.58. The predicted octanol–water partition coefficient (Wildman–Crippen LogP) is 1.88. The van der Waals surface area contributed by atoms with E-state index in [0.717, 1.165) is 18.5 Å². The van der Waals surface area contributed by atoms with E-state index in [2.05, 4.69) is 12.2 Å². The van der Waals surface area contributed by atoms with E-state index in [1.54, 1.807) is 4.90 Å². The van der Waals surface area contributed by atoms with Crippen LogP contribution in [-0.2, 0) is 16.0 Å². The Balaban J connectivity index is 2.19. The molecule has 1 saturated heterocycles. The number of carbonyl (C=O) groups excluding carboxylic acids is 2. The Morgan fingerprint density at radius 1 is 1.21 bits per heavy atom. The first-order chi connectivity index (χ1) is 9.15. The van der Waals surface area contributed by atoms with E-state index in [1.807, 2.05) is 31.2 Å². The Bertz CT molecular complexity index is 468. The van der Waals surface area contributed by atoms with Gasteiger partial charge in [-0.15, -0.1) is 0 Å². The van der Waals surface area contributed by atoms with Crippen LogP contribution in [-0.4, -0.2) is 24.4 Å². The Morgan fingerprint density at radius 2 is 1.89 bits per heavy atom. The van der Waals surface area contributed by atoms with Crippen LogP contribution in [0.2, 0.25) is 0 Å². The van der Waals surface area contributed by atoms with Crippen molar-refractivity contribution in [3.8, 4) is 0 Å². The van der Waals surface area contributed by atoms with Crippen molar-refractivity contribution in [1.82, 2.24) is 5.32 Å². The average Bonchev–Trinajstić information content (AvgIpc) is 2.42. The van der Waals surface area contributed by atoms with E-state index in [-0.39, 0.29) is 18.4 Å². The summed E-state index contributed by atoms with van der Waals surface area (Å²) < 4.78 is 0. The van der Waals surface area contributed by atoms with Crippen LogP contribution in [0.4, 0.5) is 5.69 Å². The van der Waals surface area contributed by atoms with Crippen LogP contribution < -0.4 is 10.2 Å². The molecule has 0 aliphatic carbocycles. The molecule has 1 fully saturated rings. The quantitative estimate of drug-likeness (QED) is 0.898. The molecule has 4 nitrogen and oxygen atoms in total. The lowest BCUT2D eigenvalue weighted by molar-refractivity contribution is -0.131. The molecule has 0 radical (unpaired) electrons. The normalized spacial score (nSPS) is 19.5. The zero-order valence-electron chi connectivity index (χ0n) is 11.5. The van der Waals surface area contributed by atoms with Crippen LogP contribution in [0.3, 0.4) is 0 Å². The topological polar surface area (TPSA) is 49.4 Å². The van der Waals surface area contributed by atoms with Crippen molar-refractivity contribution in [2.24, 2.45) is 0 Å². The highest BCUT2D eigenvalue weighted by Crippen LogP contribution is 2.19. The Hall–Kier alpha value is -1.84. The highest BCUT2D eigenvalue weighted by Gasteiger charge is 2.32. The fourth-order valence-electron chi connectivity index (χ4n) is 2.34. The van der Waals surface area contributed by atoms with Gasteiger partial charge in [0.25, 0.3) is 0 Å². The molecule has 1 aromatic rings. The first-order valence-electron chi connectivity index (χ1n) is 6.85. The number of benzene rings is 1. The van der Waals surface area contributed by atoms with Crippen LogP contribution in [0, 0.1) is 0 Å². The second-order valence-electron chi connectivity index (χ2n) is 4.87. The molecule has 0 aromatic heterocycles. The summed E-state index contributed by atoms with van der Waals surface area (Å²) in [6.45, 7) is 4.15. The summed E-state index contributed by atoms with van der Waals surface area (Å²) in [5.74, 6) is -0.116. The molecule has 4 heteroatoms. The Labute approximate surface area is 113 Å². The van der Waals surface area contributed by atoms with E-state index in [4.69, 9.17) is 0 Å². The monoisotopic (exact) mass is 260 g/mol. The molecule has 0 spiro atoms. The minimum atomic E-state index is -0.392. The van der Waals surface area contributed by atoms with E-state index in [9.17, 15) is 9.59 Å². The number of aryl methyl sites for hydroxylation is 1. The summed E-state index contributed by atoms with van der Waals surface area (Å²) in [5.41, 5.74) is 2.06. The highest BCUT2D eigenvalue weighted by atomic mass is 16.2. The Morgan fingerprint density at radius 3 is 2.47 bits per heavy atom. The summed E-state index contributed by atoms with van der Waals surface area (Å²) in [4.78, 5) is 25.4. The van der Waals surface area contributed by atoms with Gasteiger partial charge in [-0.05, 0) is 30.5 Å². The Kier molecular flexibility index (Phi) is 4.20. The van der Waals surface area contributed by atoms with Crippen molar-refractivity contribution >= 4 is 17.5 Å². The molecule has 0 saturated carbocycles. The lowest BCUT2D eigenvalue weighted by atomic mass is 10.1. The molecule has 0 bridgehead atoms. The molecule has 102 valence electrons. The molecule has 1 unspecified atom stereocenters. The van der Waals surface area contributed by atoms with Crippen LogP contribution in [0.15, 0.2) is 24.3 Å². The van der Waals surface area contributed by atoms with E-state index >= 15 is 0 Å². The van der Waals surface area contributed by atoms with Crippen molar-refractivity contribution in [3.05, 3.63) is 29.8 Å². The third-order valence-electron chi connectivity index (χ3n) is 3.40. The summed E-state index contributed by atoms with van der Waals surface area (Å²) in [6, 6.07) is 7.51. The van der Waals surface area contributed by atoms with E-state index < -0.39 is 6.04 Å². The molecule has 2 rings (SSSR count). The third-order valence-corrected chi connectivity index (χ3v) is 3.40. The molecule has 1 aliphatic rings. The number of nitrogens with one attached hydrogen (secondary N) is 1. The maximum atomic E-state index is 12.2. The first kappa shape index (κ1) is 13.6. The number of hydrogen-bond donors (Lipinski definition) is 1. The molecule has 1 heterocycles. The number of piperazine rings is 1. The van der Waals surface area contributed by atoms with E-state index in [1.165, 1.54) is 5.56 Å². The molecule has 19 heavy (non-hydrogen) atoms. The zero-order chi connectivity index (χ0) is 13.8. The second-order valence-corrected chi connectivity index (χ2v) is 4.87. The van der Waals surface area contributed by atoms with E-state index in [0.29, 0.717) is 6.42 Å². The van der Waals surface area contributed by atoms with Crippen molar-refractivity contribution in [1.29, 1.82) is 0 Å². The van der Waals surface area contributed by atoms with Crippen LogP contribution in [0.1, 0.15) is 32.3 Å². The van der Waals surface area contributed by atoms with Gasteiger partial charge in [0.15, 0.2) is 0 Å². The smallest absolute Gasteiger partial charge is 0.250 e. The van der Waals surface area contributed by atoms with Gasteiger partial charge in [0.05, 0.1) is 0 Å². The lowest BCUT2D eigenvalue weighted by Gasteiger charge is -2.32. The van der Waals surface area contributed by atoms with Gasteiger partial charge >= 0.3 is 0 Å². The largest absolute Gasteiger partial charge is 0.343 e. The van der Waals surface area contributed by atoms with Crippen molar-refractivity contribution in [2.75, 3.05) is 11.4 Å². The van der Waals surface area contributed by atoms with Crippen LogP contribution >= 0.6 is 0 Å². The molecule has 1 atom stereocenters. The minimum Gasteiger partial charge on any atom is -0.343 e. The molecule has 1 aromatic carbocycles. The fourth-order valence-corrected chi connectivity index (χ4v) is 2.34. The maximum absolute atomic E-state index is 12.2. The van der Waals surface area contributed by atoms with Crippen LogP contribution in [0.25, 0.3) is 0 Å². The standard InChI is InChI=1S/C15H20N2O2/c1-3-5-11-6-8-12(9-7-11)17-10-14(18)16-13(4-2)15(17)19/h6-9,13H,3-5,10H2,1-2H3,(H,16,18). The van der Waals surface area contributed by atoms with Gasteiger partial charge in [-0.3, -0.25) is 9.59 Å². The maximum Gasteiger partial charge on any atom is 0.250 e. The summed E-state index contributed by atoms with van der Waals surface area (Å²) in [6.07, 6.45) is 2.75. The number of carbonyl (C=O) groups is 2. The molecule has 2 amide bonds. The van der Waals surface area contributed by atoms with Gasteiger partial charge < -0.3 is 10.2 Å². The summed E-state index contributed by atoms with van der Waals surface area (Å²) >= 11 is 0. The van der Waals surface area contributed by atoms with Crippen molar-refractivity contribution < 1.29 is 9.59 Å². The highest BCUT2D eigenvalue weighted by molar-refractivity contribution is 6.06.